The molecule has 1 aromatic carbocycles. The normalized spacial score (nSPS) is 11.8. The predicted molar refractivity (Wildman–Crippen MR) is 94.1 cm³/mol. The Kier molecular flexibility index (Phi) is 6.56. The number of aryl methyl sites for hydroxylation is 1. The first-order valence-corrected chi connectivity index (χ1v) is 9.05. The van der Waals surface area contributed by atoms with Crippen LogP contribution in [0.2, 0.25) is 0 Å². The average molecular weight is 383 g/mol. The fourth-order valence-electron chi connectivity index (χ4n) is 1.97. The van der Waals surface area contributed by atoms with Crippen molar-refractivity contribution in [1.82, 2.24) is 4.98 Å². The first kappa shape index (κ1) is 19.0. The summed E-state index contributed by atoms with van der Waals surface area (Å²) in [5.41, 5.74) is 1.53. The summed E-state index contributed by atoms with van der Waals surface area (Å²) in [7, 11) is 0. The topological polar surface area (TPSA) is 128 Å². The molecule has 0 fully saturated rings. The van der Waals surface area contributed by atoms with E-state index >= 15 is 0 Å². The monoisotopic (exact) mass is 383 g/mol. The molecule has 1 heterocycles. The van der Waals surface area contributed by atoms with Crippen LogP contribution in [0.25, 0.3) is 0 Å². The highest BCUT2D eigenvalue weighted by atomic mass is 32.2. The lowest BCUT2D eigenvalue weighted by Crippen LogP contribution is -2.27. The minimum Gasteiger partial charge on any atom is -0.755 e. The molecule has 9 nitrogen and oxygen atoms in total. The smallest absolute Gasteiger partial charge is 0.345 e. The number of nitro groups is 1. The molecule has 0 saturated heterocycles. The van der Waals surface area contributed by atoms with Gasteiger partial charge in [-0.2, -0.15) is 0 Å². The Morgan fingerprint density at radius 3 is 2.64 bits per heavy atom. The molecule has 0 radical (unpaired) electrons. The molecule has 25 heavy (non-hydrogen) atoms. The molecular formula is C14H15N4O5S2-. The van der Waals surface area contributed by atoms with E-state index in [-0.39, 0.29) is 29.0 Å². The SMILES string of the molecule is Cc1ccc(N(CCCC(=O)Nc2ncc([N+](=O)[O-])s2)S(=O)[O-])cc1. The molecule has 134 valence electrons. The molecule has 2 rings (SSSR count). The van der Waals surface area contributed by atoms with E-state index in [1.807, 2.05) is 6.92 Å². The Labute approximate surface area is 150 Å². The molecule has 1 amide bonds. The molecule has 0 spiro atoms. The van der Waals surface area contributed by atoms with Gasteiger partial charge in [-0.25, -0.2) is 4.98 Å². The number of benzene rings is 1. The lowest BCUT2D eigenvalue weighted by Gasteiger charge is -2.26. The number of nitrogens with one attached hydrogen (secondary N) is 1. The number of nitrogens with zero attached hydrogens (tertiary/aromatic N) is 3. The van der Waals surface area contributed by atoms with Crippen LogP contribution in [-0.4, -0.2) is 31.1 Å². The van der Waals surface area contributed by atoms with Gasteiger partial charge in [-0.15, -0.1) is 0 Å². The molecule has 0 aliphatic rings. The van der Waals surface area contributed by atoms with Crippen LogP contribution in [0.4, 0.5) is 15.8 Å². The van der Waals surface area contributed by atoms with Gasteiger partial charge in [-0.1, -0.05) is 17.7 Å². The van der Waals surface area contributed by atoms with Crippen LogP contribution < -0.4 is 9.62 Å². The molecule has 0 saturated carbocycles. The van der Waals surface area contributed by atoms with Crippen LogP contribution >= 0.6 is 11.3 Å². The van der Waals surface area contributed by atoms with Crippen molar-refractivity contribution in [3.8, 4) is 0 Å². The van der Waals surface area contributed by atoms with E-state index in [9.17, 15) is 23.7 Å². The zero-order valence-electron chi connectivity index (χ0n) is 13.2. The first-order valence-electron chi connectivity index (χ1n) is 7.20. The number of aromatic nitrogens is 1. The number of carbonyl (C=O) groups excluding carboxylic acids is 1. The van der Waals surface area contributed by atoms with E-state index in [0.29, 0.717) is 12.1 Å². The van der Waals surface area contributed by atoms with Gasteiger partial charge in [0.25, 0.3) is 0 Å². The van der Waals surface area contributed by atoms with E-state index in [4.69, 9.17) is 0 Å². The average Bonchev–Trinajstić information content (AvgIpc) is 3.01. The van der Waals surface area contributed by atoms with Gasteiger partial charge in [0.15, 0.2) is 5.13 Å². The van der Waals surface area contributed by atoms with E-state index in [2.05, 4.69) is 10.3 Å². The Morgan fingerprint density at radius 1 is 1.40 bits per heavy atom. The van der Waals surface area contributed by atoms with E-state index in [0.717, 1.165) is 23.1 Å². The third-order valence-electron chi connectivity index (χ3n) is 3.19. The summed E-state index contributed by atoms with van der Waals surface area (Å²) in [6.07, 6.45) is 1.42. The zero-order valence-corrected chi connectivity index (χ0v) is 14.8. The van der Waals surface area contributed by atoms with Gasteiger partial charge in [-0.05, 0) is 36.8 Å². The van der Waals surface area contributed by atoms with Crippen LogP contribution in [-0.2, 0) is 16.1 Å². The van der Waals surface area contributed by atoms with Crippen molar-refractivity contribution in [3.63, 3.8) is 0 Å². The highest BCUT2D eigenvalue weighted by Crippen LogP contribution is 2.25. The Bertz CT molecular complexity index is 778. The third-order valence-corrected chi connectivity index (χ3v) is 4.80. The molecule has 1 aromatic heterocycles. The van der Waals surface area contributed by atoms with Gasteiger partial charge >= 0.3 is 5.00 Å². The number of amides is 1. The van der Waals surface area contributed by atoms with Crippen molar-refractivity contribution >= 4 is 44.3 Å². The van der Waals surface area contributed by atoms with Crippen LogP contribution in [0.1, 0.15) is 18.4 Å². The van der Waals surface area contributed by atoms with Gasteiger partial charge < -0.3 is 14.2 Å². The van der Waals surface area contributed by atoms with E-state index in [1.165, 1.54) is 4.31 Å². The standard InChI is InChI=1S/C14H16N4O5S2/c1-10-4-6-11(7-5-10)17(25(22)23)8-2-3-12(19)16-14-15-9-13(24-14)18(20)21/h4-7,9H,2-3,8H2,1H3,(H,22,23)(H,15,16,19)/p-1. The summed E-state index contributed by atoms with van der Waals surface area (Å²) in [6.45, 7) is 2.04. The lowest BCUT2D eigenvalue weighted by molar-refractivity contribution is -0.380. The minimum atomic E-state index is -2.45. The highest BCUT2D eigenvalue weighted by molar-refractivity contribution is 7.80. The fourth-order valence-corrected chi connectivity index (χ4v) is 3.19. The Balaban J connectivity index is 1.86. The summed E-state index contributed by atoms with van der Waals surface area (Å²) in [6, 6.07) is 6.99. The molecular weight excluding hydrogens is 368 g/mol. The van der Waals surface area contributed by atoms with Crippen molar-refractivity contribution < 1.29 is 18.5 Å². The van der Waals surface area contributed by atoms with Crippen molar-refractivity contribution in [2.75, 3.05) is 16.2 Å². The second kappa shape index (κ2) is 8.65. The van der Waals surface area contributed by atoms with Gasteiger partial charge in [0, 0.05) is 29.9 Å². The van der Waals surface area contributed by atoms with Gasteiger partial charge in [0.2, 0.25) is 5.91 Å². The number of hydrogen-bond donors (Lipinski definition) is 1. The number of carbonyl (C=O) groups is 1. The third kappa shape index (κ3) is 5.59. The van der Waals surface area contributed by atoms with Crippen LogP contribution in [0, 0.1) is 17.0 Å². The van der Waals surface area contributed by atoms with E-state index < -0.39 is 16.2 Å². The zero-order chi connectivity index (χ0) is 18.4. The summed E-state index contributed by atoms with van der Waals surface area (Å²) < 4.78 is 23.9. The highest BCUT2D eigenvalue weighted by Gasteiger charge is 2.14. The number of anilines is 2. The van der Waals surface area contributed by atoms with Crippen molar-refractivity contribution in [3.05, 3.63) is 46.1 Å². The minimum absolute atomic E-state index is 0.0624. The second-order valence-corrected chi connectivity index (χ2v) is 6.95. The maximum Gasteiger partial charge on any atom is 0.345 e. The summed E-state index contributed by atoms with van der Waals surface area (Å²) in [5.74, 6) is -0.384. The second-order valence-electron chi connectivity index (χ2n) is 5.07. The molecule has 0 bridgehead atoms. The van der Waals surface area contributed by atoms with Crippen LogP contribution in [0.15, 0.2) is 30.5 Å². The van der Waals surface area contributed by atoms with Crippen molar-refractivity contribution in [2.24, 2.45) is 0 Å². The molecule has 1 atom stereocenters. The maximum absolute atomic E-state index is 11.8. The lowest BCUT2D eigenvalue weighted by atomic mass is 10.2. The number of rotatable bonds is 8. The number of thiazole rings is 1. The van der Waals surface area contributed by atoms with Crippen molar-refractivity contribution in [1.29, 1.82) is 0 Å². The first-order chi connectivity index (χ1) is 11.9. The quantitative estimate of drug-likeness (QED) is 0.423. The molecule has 1 unspecified atom stereocenters. The number of hydrogen-bond acceptors (Lipinski definition) is 7. The Morgan fingerprint density at radius 2 is 2.08 bits per heavy atom. The maximum atomic E-state index is 11.8. The van der Waals surface area contributed by atoms with Gasteiger partial charge in [0.1, 0.15) is 6.20 Å². The van der Waals surface area contributed by atoms with Crippen LogP contribution in [0.3, 0.4) is 0 Å². The van der Waals surface area contributed by atoms with Gasteiger partial charge in [0.05, 0.1) is 4.92 Å². The summed E-state index contributed by atoms with van der Waals surface area (Å²) >= 11 is -1.69. The molecule has 2 aromatic rings. The molecule has 1 N–H and O–H groups in total. The van der Waals surface area contributed by atoms with Gasteiger partial charge in [-0.3, -0.25) is 19.1 Å². The molecule has 11 heteroatoms. The summed E-state index contributed by atoms with van der Waals surface area (Å²) in [4.78, 5) is 25.6. The molecule has 0 aliphatic carbocycles. The van der Waals surface area contributed by atoms with E-state index in [1.54, 1.807) is 24.3 Å². The van der Waals surface area contributed by atoms with Crippen molar-refractivity contribution in [2.45, 2.75) is 19.8 Å². The largest absolute Gasteiger partial charge is 0.755 e. The Hall–Kier alpha value is -2.37. The van der Waals surface area contributed by atoms with Crippen LogP contribution in [0.5, 0.6) is 0 Å². The fraction of sp³-hybridized carbons (Fsp3) is 0.286. The predicted octanol–water partition coefficient (Wildman–Crippen LogP) is 2.38. The molecule has 0 aliphatic heterocycles. The summed E-state index contributed by atoms with van der Waals surface area (Å²) in [5, 5.41) is 13.0.